The molecule has 94 valence electrons. The van der Waals surface area contributed by atoms with Crippen molar-refractivity contribution < 1.29 is 9.90 Å². The van der Waals surface area contributed by atoms with E-state index in [1.807, 2.05) is 18.4 Å². The second-order valence-corrected chi connectivity index (χ2v) is 4.46. The zero-order valence-electron chi connectivity index (χ0n) is 9.96. The van der Waals surface area contributed by atoms with Gasteiger partial charge in [-0.2, -0.15) is 0 Å². The Hall–Kier alpha value is -1.88. The lowest BCUT2D eigenvalue weighted by Crippen LogP contribution is -2.04. The zero-order valence-corrected chi connectivity index (χ0v) is 10.7. The molecule has 6 heteroatoms. The van der Waals surface area contributed by atoms with Crippen molar-refractivity contribution in [1.82, 2.24) is 14.5 Å². The number of aliphatic carboxylic acids is 1. The van der Waals surface area contributed by atoms with Gasteiger partial charge >= 0.3 is 5.97 Å². The molecule has 2 aromatic rings. The van der Waals surface area contributed by atoms with Gasteiger partial charge in [0.1, 0.15) is 17.1 Å². The van der Waals surface area contributed by atoms with Crippen molar-refractivity contribution in [3.8, 4) is 0 Å². The van der Waals surface area contributed by atoms with Gasteiger partial charge in [0, 0.05) is 17.8 Å². The molecule has 0 saturated heterocycles. The van der Waals surface area contributed by atoms with Crippen molar-refractivity contribution in [1.29, 1.82) is 0 Å². The van der Waals surface area contributed by atoms with Gasteiger partial charge in [0.05, 0.1) is 5.39 Å². The Bertz CT molecular complexity index is 632. The van der Waals surface area contributed by atoms with Gasteiger partial charge < -0.3 is 9.67 Å². The summed E-state index contributed by atoms with van der Waals surface area (Å²) in [6.45, 7) is 3.99. The van der Waals surface area contributed by atoms with E-state index in [2.05, 4.69) is 9.97 Å². The summed E-state index contributed by atoms with van der Waals surface area (Å²) in [5, 5.41) is 9.77. The number of halogens is 1. The molecule has 0 aliphatic heterocycles. The summed E-state index contributed by atoms with van der Waals surface area (Å²) >= 11 is 6.00. The van der Waals surface area contributed by atoms with E-state index in [4.69, 9.17) is 16.7 Å². The highest BCUT2D eigenvalue weighted by atomic mass is 35.5. The van der Waals surface area contributed by atoms with Gasteiger partial charge in [-0.25, -0.2) is 14.8 Å². The molecule has 0 atom stereocenters. The largest absolute Gasteiger partial charge is 0.478 e. The number of carboxylic acids is 1. The normalized spacial score (nSPS) is 11.8. The quantitative estimate of drug-likeness (QED) is 0.684. The van der Waals surface area contributed by atoms with Crippen molar-refractivity contribution in [2.45, 2.75) is 19.9 Å². The molecular weight excluding hydrogens is 254 g/mol. The summed E-state index contributed by atoms with van der Waals surface area (Å²) < 4.78 is 1.92. The summed E-state index contributed by atoms with van der Waals surface area (Å²) in [7, 11) is 0. The Morgan fingerprint density at radius 3 is 2.83 bits per heavy atom. The van der Waals surface area contributed by atoms with Crippen LogP contribution in [0.15, 0.2) is 18.5 Å². The van der Waals surface area contributed by atoms with Crippen molar-refractivity contribution in [3.05, 3.63) is 29.3 Å². The Balaban J connectivity index is 2.69. The molecule has 0 radical (unpaired) electrons. The molecule has 2 heterocycles. The predicted molar refractivity (Wildman–Crippen MR) is 69.6 cm³/mol. The maximum Gasteiger partial charge on any atom is 0.328 e. The lowest BCUT2D eigenvalue weighted by molar-refractivity contribution is -0.131. The van der Waals surface area contributed by atoms with Crippen molar-refractivity contribution in [3.63, 3.8) is 0 Å². The molecule has 0 aliphatic carbocycles. The molecule has 0 saturated carbocycles. The van der Waals surface area contributed by atoms with Gasteiger partial charge in [-0.1, -0.05) is 11.6 Å². The first-order valence-electron chi connectivity index (χ1n) is 5.43. The molecule has 0 aliphatic rings. The second kappa shape index (κ2) is 4.78. The van der Waals surface area contributed by atoms with E-state index in [1.54, 1.807) is 6.07 Å². The Kier molecular flexibility index (Phi) is 3.34. The molecule has 0 bridgehead atoms. The van der Waals surface area contributed by atoms with Gasteiger partial charge in [0.2, 0.25) is 0 Å². The standard InChI is InChI=1S/C12H12ClN3O2/c1-7(2)16-8(3-4-10(17)18)5-9-11(13)14-6-15-12(9)16/h3-7H,1-2H3,(H,17,18)/b4-3+. The van der Waals surface area contributed by atoms with Crippen LogP contribution in [-0.2, 0) is 4.79 Å². The lowest BCUT2D eigenvalue weighted by Gasteiger charge is -2.11. The smallest absolute Gasteiger partial charge is 0.328 e. The number of hydrogen-bond donors (Lipinski definition) is 1. The molecule has 0 amide bonds. The second-order valence-electron chi connectivity index (χ2n) is 4.11. The third kappa shape index (κ3) is 2.22. The van der Waals surface area contributed by atoms with E-state index in [9.17, 15) is 4.79 Å². The maximum absolute atomic E-state index is 10.6. The number of nitrogens with zero attached hydrogens (tertiary/aromatic N) is 3. The molecule has 18 heavy (non-hydrogen) atoms. The average Bonchev–Trinajstić information content (AvgIpc) is 2.66. The fourth-order valence-electron chi connectivity index (χ4n) is 1.85. The first kappa shape index (κ1) is 12.6. The van der Waals surface area contributed by atoms with Gasteiger partial charge in [-0.05, 0) is 26.0 Å². The molecular formula is C12H12ClN3O2. The third-order valence-electron chi connectivity index (χ3n) is 2.53. The highest BCUT2D eigenvalue weighted by Crippen LogP contribution is 2.27. The summed E-state index contributed by atoms with van der Waals surface area (Å²) in [5.41, 5.74) is 1.44. The summed E-state index contributed by atoms with van der Waals surface area (Å²) in [4.78, 5) is 18.7. The number of hydrogen-bond acceptors (Lipinski definition) is 3. The van der Waals surface area contributed by atoms with Gasteiger partial charge in [0.25, 0.3) is 0 Å². The number of carbonyl (C=O) groups is 1. The van der Waals surface area contributed by atoms with Crippen LogP contribution in [-0.4, -0.2) is 25.6 Å². The minimum absolute atomic E-state index is 0.141. The van der Waals surface area contributed by atoms with Crippen molar-refractivity contribution in [2.75, 3.05) is 0 Å². The molecule has 0 unspecified atom stereocenters. The van der Waals surface area contributed by atoms with Crippen molar-refractivity contribution in [2.24, 2.45) is 0 Å². The Labute approximate surface area is 109 Å². The molecule has 2 aromatic heterocycles. The van der Waals surface area contributed by atoms with E-state index in [0.29, 0.717) is 10.8 Å². The van der Waals surface area contributed by atoms with Crippen molar-refractivity contribution >= 4 is 34.7 Å². The minimum atomic E-state index is -0.993. The molecule has 0 aromatic carbocycles. The molecule has 2 rings (SSSR count). The SMILES string of the molecule is CC(C)n1c(/C=C/C(=O)O)cc2c(Cl)ncnc21. The molecule has 5 nitrogen and oxygen atoms in total. The fourth-order valence-corrected chi connectivity index (χ4v) is 2.03. The Morgan fingerprint density at radius 1 is 1.50 bits per heavy atom. The van der Waals surface area contributed by atoms with E-state index in [-0.39, 0.29) is 6.04 Å². The average molecular weight is 266 g/mol. The van der Waals surface area contributed by atoms with Crippen LogP contribution in [0.3, 0.4) is 0 Å². The maximum atomic E-state index is 10.6. The van der Waals surface area contributed by atoms with Crippen LogP contribution in [0, 0.1) is 0 Å². The van der Waals surface area contributed by atoms with E-state index >= 15 is 0 Å². The number of carboxylic acid groups (broad SMARTS) is 1. The van der Waals surface area contributed by atoms with Crippen LogP contribution in [0.1, 0.15) is 25.6 Å². The number of fused-ring (bicyclic) bond motifs is 1. The highest BCUT2D eigenvalue weighted by Gasteiger charge is 2.13. The van der Waals surface area contributed by atoms with Crippen LogP contribution in [0.25, 0.3) is 17.1 Å². The molecule has 0 fully saturated rings. The summed E-state index contributed by atoms with van der Waals surface area (Å²) in [5.74, 6) is -0.993. The van der Waals surface area contributed by atoms with Gasteiger partial charge in [0.15, 0.2) is 0 Å². The minimum Gasteiger partial charge on any atom is -0.478 e. The monoisotopic (exact) mass is 265 g/mol. The van der Waals surface area contributed by atoms with Crippen LogP contribution in [0.4, 0.5) is 0 Å². The highest BCUT2D eigenvalue weighted by molar-refractivity contribution is 6.34. The molecule has 0 spiro atoms. The lowest BCUT2D eigenvalue weighted by atomic mass is 10.3. The van der Waals surface area contributed by atoms with E-state index < -0.39 is 5.97 Å². The summed E-state index contributed by atoms with van der Waals surface area (Å²) in [6, 6.07) is 1.93. The van der Waals surface area contributed by atoms with Crippen LogP contribution in [0.5, 0.6) is 0 Å². The van der Waals surface area contributed by atoms with Gasteiger partial charge in [-0.3, -0.25) is 0 Å². The topological polar surface area (TPSA) is 68.0 Å². The fraction of sp³-hybridized carbons (Fsp3) is 0.250. The van der Waals surface area contributed by atoms with E-state index in [1.165, 1.54) is 12.4 Å². The van der Waals surface area contributed by atoms with E-state index in [0.717, 1.165) is 17.2 Å². The van der Waals surface area contributed by atoms with Crippen LogP contribution in [0.2, 0.25) is 5.15 Å². The predicted octanol–water partition coefficient (Wildman–Crippen LogP) is 2.76. The van der Waals surface area contributed by atoms with Crippen LogP contribution < -0.4 is 0 Å². The first-order valence-corrected chi connectivity index (χ1v) is 5.81. The number of rotatable bonds is 3. The first-order chi connectivity index (χ1) is 8.50. The number of aromatic nitrogens is 3. The Morgan fingerprint density at radius 2 is 2.22 bits per heavy atom. The third-order valence-corrected chi connectivity index (χ3v) is 2.83. The molecule has 1 N–H and O–H groups in total. The summed E-state index contributed by atoms with van der Waals surface area (Å²) in [6.07, 6.45) is 4.02. The van der Waals surface area contributed by atoms with Gasteiger partial charge in [-0.15, -0.1) is 0 Å². The zero-order chi connectivity index (χ0) is 13.3. The van der Waals surface area contributed by atoms with Crippen LogP contribution >= 0.6 is 11.6 Å².